The molecule has 0 aromatic carbocycles. The van der Waals surface area contributed by atoms with Crippen molar-refractivity contribution in [2.45, 2.75) is 144 Å². The van der Waals surface area contributed by atoms with Crippen molar-refractivity contribution in [3.63, 3.8) is 0 Å². The highest BCUT2D eigenvalue weighted by Crippen LogP contribution is 2.18. The van der Waals surface area contributed by atoms with E-state index in [0.717, 1.165) is 38.5 Å². The first kappa shape index (κ1) is 47.9. The molecule has 1 heterocycles. The van der Waals surface area contributed by atoms with Crippen LogP contribution < -0.4 is 16.0 Å². The zero-order chi connectivity index (χ0) is 39.9. The third-order valence-electron chi connectivity index (χ3n) is 8.85. The van der Waals surface area contributed by atoms with E-state index in [1.165, 1.54) is 40.7 Å². The molecule has 0 aromatic heterocycles. The first-order valence-corrected chi connectivity index (χ1v) is 20.5. The van der Waals surface area contributed by atoms with E-state index in [4.69, 9.17) is 14.3 Å². The van der Waals surface area contributed by atoms with Gasteiger partial charge in [-0.25, -0.2) is 14.7 Å². The van der Waals surface area contributed by atoms with Crippen LogP contribution in [0.4, 0.5) is 0 Å². The summed E-state index contributed by atoms with van der Waals surface area (Å²) in [6.07, 6.45) is 14.7. The van der Waals surface area contributed by atoms with Gasteiger partial charge >= 0.3 is 5.97 Å². The predicted molar refractivity (Wildman–Crippen MR) is 212 cm³/mol. The number of ether oxygens (including phenoxy) is 2. The fraction of sp³-hybridized carbons (Fsp3) is 0.725. The van der Waals surface area contributed by atoms with Gasteiger partial charge in [-0.05, 0) is 103 Å². The molecular formula is C40H68N4O8S. The van der Waals surface area contributed by atoms with E-state index < -0.39 is 60.4 Å². The number of carbonyl (C=O) groups is 5. The smallest absolute Gasteiger partial charge is 0.328 e. The topological polar surface area (TPSA) is 152 Å². The van der Waals surface area contributed by atoms with Gasteiger partial charge in [0.1, 0.15) is 24.5 Å². The Kier molecular flexibility index (Phi) is 24.0. The second-order valence-electron chi connectivity index (χ2n) is 14.7. The summed E-state index contributed by atoms with van der Waals surface area (Å²) in [6, 6.07) is -2.86. The molecular weight excluding hydrogens is 697 g/mol. The van der Waals surface area contributed by atoms with Gasteiger partial charge in [-0.2, -0.15) is 11.8 Å². The van der Waals surface area contributed by atoms with E-state index in [2.05, 4.69) is 61.9 Å². The highest BCUT2D eigenvalue weighted by molar-refractivity contribution is 7.98. The van der Waals surface area contributed by atoms with E-state index in [1.54, 1.807) is 27.7 Å². The monoisotopic (exact) mass is 764 g/mol. The number of allylic oxidation sites excluding steroid dienone is 5. The normalized spacial score (nSPS) is 16.7. The molecule has 0 aliphatic carbocycles. The quantitative estimate of drug-likeness (QED) is 0.0454. The summed E-state index contributed by atoms with van der Waals surface area (Å²) >= 11 is 1.53. The molecule has 0 radical (unpaired) electrons. The minimum absolute atomic E-state index is 0.240. The molecule has 53 heavy (non-hydrogen) atoms. The summed E-state index contributed by atoms with van der Waals surface area (Å²) in [7, 11) is 1.26. The second kappa shape index (κ2) is 26.6. The lowest BCUT2D eigenvalue weighted by molar-refractivity contribution is -0.279. The van der Waals surface area contributed by atoms with Gasteiger partial charge in [0.25, 0.3) is 5.91 Å². The zero-order valence-electron chi connectivity index (χ0n) is 34.0. The van der Waals surface area contributed by atoms with Crippen LogP contribution in [0.3, 0.4) is 0 Å². The van der Waals surface area contributed by atoms with Crippen LogP contribution in [-0.4, -0.2) is 91.3 Å². The molecule has 4 atom stereocenters. The molecule has 1 aliphatic rings. The Morgan fingerprint density at radius 1 is 0.830 bits per heavy atom. The first-order chi connectivity index (χ1) is 25.1. The Bertz CT molecular complexity index is 1250. The number of methoxy groups -OCH3 is 1. The highest BCUT2D eigenvalue weighted by atomic mass is 32.2. The lowest BCUT2D eigenvalue weighted by Crippen LogP contribution is -2.58. The molecule has 3 N–H and O–H groups in total. The fourth-order valence-electron chi connectivity index (χ4n) is 5.59. The van der Waals surface area contributed by atoms with E-state index in [0.29, 0.717) is 31.6 Å². The van der Waals surface area contributed by atoms with Crippen molar-refractivity contribution in [3.05, 3.63) is 34.9 Å². The van der Waals surface area contributed by atoms with Crippen molar-refractivity contribution < 1.29 is 38.3 Å². The van der Waals surface area contributed by atoms with Crippen LogP contribution in [0, 0.1) is 11.8 Å². The Morgan fingerprint density at radius 3 is 1.96 bits per heavy atom. The number of hydrogen-bond acceptors (Lipinski definition) is 9. The number of amides is 4. The Morgan fingerprint density at radius 2 is 1.42 bits per heavy atom. The summed E-state index contributed by atoms with van der Waals surface area (Å²) in [5.74, 6) is -2.92. The van der Waals surface area contributed by atoms with Crippen LogP contribution in [0.5, 0.6) is 0 Å². The molecule has 1 aliphatic heterocycles. The van der Waals surface area contributed by atoms with Gasteiger partial charge < -0.3 is 25.4 Å². The standard InChI is InChI=1S/C40H68N4O8S/c1-27(2)16-13-17-30(7)18-14-19-31(8)20-15-23-44(52-35-21-11-12-24-51-35)34(46)26-33(45)42-36(28(3)4)39(48)43-37(29(5)6)38(47)41-32(22-25-53-10)40(49)50-9/h16,18,20,28-29,32,35-37H,11-15,17,19,21-26H2,1-10H3,(H,41,47)(H,42,45)(H,43,48)/b30-18+,31-20+/t32-,35?,36-,37-/m0/s1. The highest BCUT2D eigenvalue weighted by Gasteiger charge is 2.33. The molecule has 13 heteroatoms. The second-order valence-corrected chi connectivity index (χ2v) is 15.7. The van der Waals surface area contributed by atoms with Gasteiger partial charge in [-0.3, -0.25) is 19.2 Å². The molecule has 4 amide bonds. The molecule has 302 valence electrons. The minimum atomic E-state index is -1.02. The maximum absolute atomic E-state index is 13.5. The molecule has 0 bridgehead atoms. The van der Waals surface area contributed by atoms with Crippen LogP contribution in [0.25, 0.3) is 0 Å². The van der Waals surface area contributed by atoms with Crippen molar-refractivity contribution in [1.82, 2.24) is 21.0 Å². The average molecular weight is 765 g/mol. The van der Waals surface area contributed by atoms with Crippen LogP contribution >= 0.6 is 11.8 Å². The van der Waals surface area contributed by atoms with Gasteiger partial charge in [0.05, 0.1) is 13.7 Å². The number of rotatable bonds is 24. The predicted octanol–water partition coefficient (Wildman–Crippen LogP) is 6.17. The maximum Gasteiger partial charge on any atom is 0.328 e. The van der Waals surface area contributed by atoms with E-state index >= 15 is 0 Å². The lowest BCUT2D eigenvalue weighted by Gasteiger charge is -2.30. The summed E-state index contributed by atoms with van der Waals surface area (Å²) in [5.41, 5.74) is 3.91. The fourth-order valence-corrected chi connectivity index (χ4v) is 6.06. The van der Waals surface area contributed by atoms with Crippen LogP contribution in [0.2, 0.25) is 0 Å². The van der Waals surface area contributed by atoms with E-state index in [1.807, 2.05) is 6.26 Å². The minimum Gasteiger partial charge on any atom is -0.467 e. The molecule has 0 saturated carbocycles. The van der Waals surface area contributed by atoms with Crippen molar-refractivity contribution in [2.24, 2.45) is 11.8 Å². The van der Waals surface area contributed by atoms with Crippen LogP contribution in [0.1, 0.15) is 120 Å². The number of hydrogen-bond donors (Lipinski definition) is 3. The third kappa shape index (κ3) is 20.2. The molecule has 1 unspecified atom stereocenters. The largest absolute Gasteiger partial charge is 0.467 e. The van der Waals surface area contributed by atoms with Crippen molar-refractivity contribution in [3.8, 4) is 0 Å². The van der Waals surface area contributed by atoms with Gasteiger partial charge in [0.2, 0.25) is 17.7 Å². The number of nitrogens with one attached hydrogen (secondary N) is 3. The summed E-state index contributed by atoms with van der Waals surface area (Å²) in [4.78, 5) is 71.8. The molecule has 1 rings (SSSR count). The van der Waals surface area contributed by atoms with Crippen molar-refractivity contribution >= 4 is 41.4 Å². The maximum atomic E-state index is 13.5. The van der Waals surface area contributed by atoms with Crippen molar-refractivity contribution in [1.29, 1.82) is 0 Å². The summed E-state index contributed by atoms with van der Waals surface area (Å²) in [6.45, 7) is 16.3. The van der Waals surface area contributed by atoms with Crippen molar-refractivity contribution in [2.75, 3.05) is 32.3 Å². The van der Waals surface area contributed by atoms with Gasteiger partial charge in [-0.15, -0.1) is 0 Å². The number of thioether (sulfide) groups is 1. The molecule has 1 fully saturated rings. The number of esters is 1. The molecule has 12 nitrogen and oxygen atoms in total. The van der Waals surface area contributed by atoms with E-state index in [-0.39, 0.29) is 18.4 Å². The van der Waals surface area contributed by atoms with Gasteiger partial charge in [0.15, 0.2) is 6.29 Å². The summed E-state index contributed by atoms with van der Waals surface area (Å²) < 4.78 is 10.6. The lowest BCUT2D eigenvalue weighted by atomic mass is 9.99. The number of nitrogens with zero attached hydrogens (tertiary/aromatic N) is 1. The Labute approximate surface area is 323 Å². The zero-order valence-corrected chi connectivity index (χ0v) is 34.8. The van der Waals surface area contributed by atoms with Crippen LogP contribution in [-0.2, 0) is 38.3 Å². The SMILES string of the molecule is COC(=O)[C@H](CCSC)NC(=O)[C@@H](NC(=O)[C@@H](NC(=O)CC(=O)N(CC/C=C(\C)CC/C=C(\C)CCC=C(C)C)OC1CCCCO1)C(C)C)C(C)C. The Balaban J connectivity index is 2.92. The van der Waals surface area contributed by atoms with Gasteiger partial charge in [-0.1, -0.05) is 62.6 Å². The Hall–Kier alpha value is -3.16. The summed E-state index contributed by atoms with van der Waals surface area (Å²) in [5, 5.41) is 9.37. The number of carbonyl (C=O) groups excluding carboxylic acids is 5. The van der Waals surface area contributed by atoms with Crippen LogP contribution in [0.15, 0.2) is 34.9 Å². The third-order valence-corrected chi connectivity index (χ3v) is 9.49. The molecule has 0 aromatic rings. The molecule has 1 saturated heterocycles. The van der Waals surface area contributed by atoms with E-state index in [9.17, 15) is 24.0 Å². The van der Waals surface area contributed by atoms with Gasteiger partial charge in [0, 0.05) is 13.0 Å². The number of hydroxylamine groups is 2. The molecule has 0 spiro atoms. The first-order valence-electron chi connectivity index (χ1n) is 19.1. The average Bonchev–Trinajstić information content (AvgIpc) is 3.10.